The first-order valence-corrected chi connectivity index (χ1v) is 6.70. The van der Waals surface area contributed by atoms with Gasteiger partial charge in [0.2, 0.25) is 5.91 Å². The summed E-state index contributed by atoms with van der Waals surface area (Å²) in [5.74, 6) is -0.487. The van der Waals surface area contributed by atoms with E-state index in [-0.39, 0.29) is 17.9 Å². The number of aryl methyl sites for hydroxylation is 1. The number of carbonyl (C=O) groups excluding carboxylic acids is 1. The van der Waals surface area contributed by atoms with Crippen molar-refractivity contribution < 1.29 is 14.5 Å². The lowest BCUT2D eigenvalue weighted by Gasteiger charge is -2.25. The van der Waals surface area contributed by atoms with E-state index in [9.17, 15) is 14.9 Å². The molecular formula is C14H21N3O4. The highest BCUT2D eigenvalue weighted by Crippen LogP contribution is 2.30. The largest absolute Gasteiger partial charge is 0.484 e. The van der Waals surface area contributed by atoms with Crippen LogP contribution in [0.25, 0.3) is 0 Å². The van der Waals surface area contributed by atoms with Crippen molar-refractivity contribution in [3.05, 3.63) is 33.9 Å². The molecule has 1 aromatic carbocycles. The van der Waals surface area contributed by atoms with Crippen molar-refractivity contribution in [2.24, 2.45) is 11.5 Å². The number of nitro benzene ring substituents is 1. The molecule has 0 radical (unpaired) electrons. The van der Waals surface area contributed by atoms with Gasteiger partial charge >= 0.3 is 5.69 Å². The molecule has 116 valence electrons. The van der Waals surface area contributed by atoms with Gasteiger partial charge in [0, 0.05) is 12.5 Å². The molecule has 0 aliphatic rings. The van der Waals surface area contributed by atoms with Crippen LogP contribution in [0.3, 0.4) is 0 Å². The number of primary amides is 1. The summed E-state index contributed by atoms with van der Waals surface area (Å²) in [6.45, 7) is 5.10. The zero-order valence-corrected chi connectivity index (χ0v) is 12.5. The Morgan fingerprint density at radius 3 is 2.62 bits per heavy atom. The van der Waals surface area contributed by atoms with Crippen LogP contribution >= 0.6 is 0 Å². The predicted molar refractivity (Wildman–Crippen MR) is 79.0 cm³/mol. The molecule has 7 nitrogen and oxygen atoms in total. The molecule has 2 unspecified atom stereocenters. The van der Waals surface area contributed by atoms with Gasteiger partial charge in [-0.15, -0.1) is 0 Å². The summed E-state index contributed by atoms with van der Waals surface area (Å²) in [7, 11) is 0. The van der Waals surface area contributed by atoms with Crippen molar-refractivity contribution in [1.82, 2.24) is 0 Å². The smallest absolute Gasteiger partial charge is 0.311 e. The molecule has 0 fully saturated rings. The quantitative estimate of drug-likeness (QED) is 0.583. The van der Waals surface area contributed by atoms with Crippen LogP contribution in [0.1, 0.15) is 32.8 Å². The van der Waals surface area contributed by atoms with Gasteiger partial charge in [-0.3, -0.25) is 14.9 Å². The summed E-state index contributed by atoms with van der Waals surface area (Å²) >= 11 is 0. The first kappa shape index (κ1) is 16.9. The molecule has 0 heterocycles. The lowest BCUT2D eigenvalue weighted by molar-refractivity contribution is -0.386. The molecule has 4 N–H and O–H groups in total. The van der Waals surface area contributed by atoms with E-state index in [1.165, 1.54) is 13.0 Å². The van der Waals surface area contributed by atoms with Gasteiger partial charge < -0.3 is 16.2 Å². The molecule has 0 saturated carbocycles. The predicted octanol–water partition coefficient (Wildman–Crippen LogP) is 1.52. The number of hydrogen-bond acceptors (Lipinski definition) is 5. The number of nitrogens with zero attached hydrogens (tertiary/aromatic N) is 1. The summed E-state index contributed by atoms with van der Waals surface area (Å²) < 4.78 is 5.56. The first-order valence-electron chi connectivity index (χ1n) is 6.70. The summed E-state index contributed by atoms with van der Waals surface area (Å²) in [4.78, 5) is 21.8. The highest BCUT2D eigenvalue weighted by atomic mass is 16.6. The number of nitro groups is 1. The van der Waals surface area contributed by atoms with Gasteiger partial charge in [-0.05, 0) is 31.9 Å². The number of amides is 1. The Bertz CT molecular complexity index is 543. The van der Waals surface area contributed by atoms with E-state index >= 15 is 0 Å². The Balaban J connectivity index is 2.92. The third kappa shape index (κ3) is 4.42. The fraction of sp³-hybridized carbons (Fsp3) is 0.500. The van der Waals surface area contributed by atoms with Crippen LogP contribution in [0.2, 0.25) is 0 Å². The van der Waals surface area contributed by atoms with Gasteiger partial charge in [0.15, 0.2) is 5.75 Å². The monoisotopic (exact) mass is 295 g/mol. The van der Waals surface area contributed by atoms with E-state index in [1.807, 2.05) is 6.92 Å². The Labute approximate surface area is 123 Å². The van der Waals surface area contributed by atoms with Crippen LogP contribution in [0.15, 0.2) is 18.2 Å². The first-order chi connectivity index (χ1) is 9.67. The molecule has 7 heteroatoms. The Morgan fingerprint density at radius 1 is 1.52 bits per heavy atom. The normalized spacial score (nSPS) is 15.0. The lowest BCUT2D eigenvalue weighted by Crippen LogP contribution is -2.51. The Kier molecular flexibility index (Phi) is 5.26. The van der Waals surface area contributed by atoms with Gasteiger partial charge in [0.1, 0.15) is 0 Å². The van der Waals surface area contributed by atoms with Crippen molar-refractivity contribution in [1.29, 1.82) is 0 Å². The second-order valence-electron chi connectivity index (χ2n) is 5.33. The number of carbonyl (C=O) groups is 1. The summed E-state index contributed by atoms with van der Waals surface area (Å²) in [6, 6.07) is 4.81. The minimum Gasteiger partial charge on any atom is -0.484 e. The van der Waals surface area contributed by atoms with Crippen molar-refractivity contribution in [2.75, 3.05) is 0 Å². The zero-order valence-electron chi connectivity index (χ0n) is 12.5. The van der Waals surface area contributed by atoms with Crippen LogP contribution in [0.5, 0.6) is 5.75 Å². The van der Waals surface area contributed by atoms with E-state index in [0.29, 0.717) is 6.42 Å². The SMILES string of the molecule is CCc1ccc(OC(C)CC(C)(N)C(N)=O)c([N+](=O)[O-])c1. The molecular weight excluding hydrogens is 274 g/mol. The summed E-state index contributed by atoms with van der Waals surface area (Å²) in [5.41, 5.74) is 10.5. The standard InChI is InChI=1S/C14H21N3O4/c1-4-10-5-6-12(11(7-10)17(19)20)21-9(2)8-14(3,16)13(15)18/h5-7,9H,4,8,16H2,1-3H3,(H2,15,18). The molecule has 2 atom stereocenters. The maximum Gasteiger partial charge on any atom is 0.311 e. The van der Waals surface area contributed by atoms with Gasteiger partial charge in [-0.2, -0.15) is 0 Å². The van der Waals surface area contributed by atoms with Crippen molar-refractivity contribution in [3.63, 3.8) is 0 Å². The number of rotatable bonds is 7. The van der Waals surface area contributed by atoms with Crippen molar-refractivity contribution in [3.8, 4) is 5.75 Å². The van der Waals surface area contributed by atoms with Gasteiger partial charge in [0.05, 0.1) is 16.6 Å². The zero-order chi connectivity index (χ0) is 16.2. The maximum absolute atomic E-state index is 11.2. The van der Waals surface area contributed by atoms with Crippen LogP contribution in [-0.4, -0.2) is 22.5 Å². The van der Waals surface area contributed by atoms with E-state index in [1.54, 1.807) is 19.1 Å². The fourth-order valence-corrected chi connectivity index (χ4v) is 1.98. The number of nitrogens with two attached hydrogens (primary N) is 2. The minimum absolute atomic E-state index is 0.0981. The van der Waals surface area contributed by atoms with Crippen LogP contribution in [0, 0.1) is 10.1 Å². The molecule has 21 heavy (non-hydrogen) atoms. The van der Waals surface area contributed by atoms with Crippen molar-refractivity contribution >= 4 is 11.6 Å². The number of benzene rings is 1. The average molecular weight is 295 g/mol. The molecule has 1 amide bonds. The maximum atomic E-state index is 11.2. The molecule has 0 aromatic heterocycles. The second-order valence-corrected chi connectivity index (χ2v) is 5.33. The lowest BCUT2D eigenvalue weighted by atomic mass is 9.95. The van der Waals surface area contributed by atoms with E-state index in [4.69, 9.17) is 16.2 Å². The van der Waals surface area contributed by atoms with E-state index < -0.39 is 22.5 Å². The number of hydrogen-bond donors (Lipinski definition) is 2. The molecule has 1 aromatic rings. The summed E-state index contributed by atoms with van der Waals surface area (Å²) in [6.07, 6.45) is 0.368. The summed E-state index contributed by atoms with van der Waals surface area (Å²) in [5, 5.41) is 11.1. The molecule has 0 bridgehead atoms. The third-order valence-corrected chi connectivity index (χ3v) is 3.23. The van der Waals surface area contributed by atoms with Crippen molar-refractivity contribution in [2.45, 2.75) is 45.3 Å². The minimum atomic E-state index is -1.22. The Hall–Kier alpha value is -2.15. The average Bonchev–Trinajstić information content (AvgIpc) is 2.37. The fourth-order valence-electron chi connectivity index (χ4n) is 1.98. The molecule has 0 spiro atoms. The highest BCUT2D eigenvalue weighted by Gasteiger charge is 2.29. The third-order valence-electron chi connectivity index (χ3n) is 3.23. The van der Waals surface area contributed by atoms with E-state index in [0.717, 1.165) is 5.56 Å². The van der Waals surface area contributed by atoms with E-state index in [2.05, 4.69) is 0 Å². The number of ether oxygens (including phenoxy) is 1. The van der Waals surface area contributed by atoms with Gasteiger partial charge in [-0.25, -0.2) is 0 Å². The Morgan fingerprint density at radius 2 is 2.14 bits per heavy atom. The topological polar surface area (TPSA) is 121 Å². The molecule has 0 aliphatic carbocycles. The van der Waals surface area contributed by atoms with Gasteiger partial charge in [0.25, 0.3) is 0 Å². The van der Waals surface area contributed by atoms with Crippen LogP contribution in [0.4, 0.5) is 5.69 Å². The second kappa shape index (κ2) is 6.53. The van der Waals surface area contributed by atoms with Gasteiger partial charge in [-0.1, -0.05) is 13.0 Å². The van der Waals surface area contributed by atoms with Crippen LogP contribution < -0.4 is 16.2 Å². The van der Waals surface area contributed by atoms with Crippen LogP contribution in [-0.2, 0) is 11.2 Å². The molecule has 0 aliphatic heterocycles. The molecule has 0 saturated heterocycles. The molecule has 1 rings (SSSR count). The highest BCUT2D eigenvalue weighted by molar-refractivity contribution is 5.83.